The molecule has 2 amide bonds. The zero-order valence-corrected chi connectivity index (χ0v) is 14.8. The number of nitrogens with one attached hydrogen (secondary N) is 1. The van der Waals surface area contributed by atoms with Crippen LogP contribution in [0.3, 0.4) is 0 Å². The first kappa shape index (κ1) is 16.6. The molecule has 4 heterocycles. The number of hydrogen-bond donors (Lipinski definition) is 1. The summed E-state index contributed by atoms with van der Waals surface area (Å²) in [6.45, 7) is 3.85. The lowest BCUT2D eigenvalue weighted by atomic mass is 9.81. The van der Waals surface area contributed by atoms with Crippen molar-refractivity contribution < 1.29 is 9.59 Å². The molecule has 2 aromatic heterocycles. The van der Waals surface area contributed by atoms with E-state index in [1.807, 2.05) is 17.2 Å². The molecule has 0 aliphatic carbocycles. The third-order valence-corrected chi connectivity index (χ3v) is 5.97. The lowest BCUT2D eigenvalue weighted by Crippen LogP contribution is -2.58. The molecule has 0 spiro atoms. The van der Waals surface area contributed by atoms with Crippen molar-refractivity contribution in [3.63, 3.8) is 0 Å². The highest BCUT2D eigenvalue weighted by Gasteiger charge is 2.44. The number of H-pyrrole nitrogens is 1. The van der Waals surface area contributed by atoms with Gasteiger partial charge in [0.05, 0.1) is 11.6 Å². The maximum Gasteiger partial charge on any atom is 0.255 e. The van der Waals surface area contributed by atoms with E-state index in [9.17, 15) is 9.59 Å². The van der Waals surface area contributed by atoms with Gasteiger partial charge < -0.3 is 14.8 Å². The van der Waals surface area contributed by atoms with Gasteiger partial charge in [0.15, 0.2) is 0 Å². The Morgan fingerprint density at radius 2 is 2.19 bits per heavy atom. The summed E-state index contributed by atoms with van der Waals surface area (Å²) in [6.07, 6.45) is 5.84. The van der Waals surface area contributed by atoms with Gasteiger partial charge in [-0.05, 0) is 30.9 Å². The van der Waals surface area contributed by atoms with Gasteiger partial charge in [-0.3, -0.25) is 9.59 Å². The van der Waals surface area contributed by atoms with Crippen LogP contribution in [0.25, 0.3) is 11.0 Å². The van der Waals surface area contributed by atoms with E-state index >= 15 is 0 Å². The van der Waals surface area contributed by atoms with E-state index in [0.29, 0.717) is 25.2 Å². The molecule has 0 saturated carbocycles. The number of likely N-dealkylation sites (tertiary alicyclic amines) is 1. The minimum Gasteiger partial charge on any atom is -0.346 e. The number of amides is 2. The largest absolute Gasteiger partial charge is 0.346 e. The molecule has 26 heavy (non-hydrogen) atoms. The molecule has 2 aliphatic rings. The first-order chi connectivity index (χ1) is 12.6. The fourth-order valence-corrected chi connectivity index (χ4v) is 4.36. The summed E-state index contributed by atoms with van der Waals surface area (Å²) in [6, 6.07) is 3.72. The number of aromatic nitrogens is 2. The maximum atomic E-state index is 13.2. The van der Waals surface area contributed by atoms with Crippen LogP contribution in [0.2, 0.25) is 0 Å². The van der Waals surface area contributed by atoms with Crippen molar-refractivity contribution in [1.82, 2.24) is 19.8 Å². The first-order valence-electron chi connectivity index (χ1n) is 9.01. The van der Waals surface area contributed by atoms with E-state index < -0.39 is 0 Å². The van der Waals surface area contributed by atoms with E-state index in [2.05, 4.69) is 16.9 Å². The van der Waals surface area contributed by atoms with Crippen LogP contribution in [0.1, 0.15) is 48.5 Å². The number of carbonyl (C=O) groups excluding carboxylic acids is 2. The van der Waals surface area contributed by atoms with E-state index in [-0.39, 0.29) is 23.8 Å². The molecule has 2 aromatic rings. The van der Waals surface area contributed by atoms with Crippen molar-refractivity contribution in [2.45, 2.75) is 44.7 Å². The summed E-state index contributed by atoms with van der Waals surface area (Å²) in [5.41, 5.74) is 2.30. The number of piperidine rings is 1. The van der Waals surface area contributed by atoms with Crippen molar-refractivity contribution in [1.29, 1.82) is 5.26 Å². The second-order valence-electron chi connectivity index (χ2n) is 7.08. The van der Waals surface area contributed by atoms with Crippen LogP contribution in [0.5, 0.6) is 0 Å². The molecule has 1 fully saturated rings. The number of carbonyl (C=O) groups is 2. The van der Waals surface area contributed by atoms with Crippen LogP contribution >= 0.6 is 0 Å². The highest BCUT2D eigenvalue weighted by molar-refractivity contribution is 6.08. The predicted molar refractivity (Wildman–Crippen MR) is 95.0 cm³/mol. The highest BCUT2D eigenvalue weighted by Crippen LogP contribution is 2.39. The standard InChI is InChI=1S/C19H21N5O2/c1-2-19(5-9-23(10-6-19)15(25)3-7-20)24-12-13-11-22-17-16(13)14(18(24)26)4-8-21-17/h4,8,11H,2-3,5-6,9-10,12H2,1H3,(H,21,22). The molecule has 1 N–H and O–H groups in total. The predicted octanol–water partition coefficient (Wildman–Crippen LogP) is 2.20. The van der Waals surface area contributed by atoms with Gasteiger partial charge in [0.2, 0.25) is 5.91 Å². The van der Waals surface area contributed by atoms with Gasteiger partial charge in [0, 0.05) is 43.0 Å². The zero-order valence-electron chi connectivity index (χ0n) is 14.8. The van der Waals surface area contributed by atoms with Crippen LogP contribution in [-0.4, -0.2) is 50.2 Å². The van der Waals surface area contributed by atoms with Crippen molar-refractivity contribution in [2.75, 3.05) is 13.1 Å². The fraction of sp³-hybridized carbons (Fsp3) is 0.474. The number of hydrogen-bond acceptors (Lipinski definition) is 4. The van der Waals surface area contributed by atoms with Gasteiger partial charge in [0.1, 0.15) is 12.1 Å². The van der Waals surface area contributed by atoms with Gasteiger partial charge in [-0.2, -0.15) is 5.26 Å². The molecule has 0 unspecified atom stereocenters. The molecule has 4 rings (SSSR count). The van der Waals surface area contributed by atoms with Crippen LogP contribution < -0.4 is 0 Å². The molecule has 7 nitrogen and oxygen atoms in total. The molecule has 0 bridgehead atoms. The summed E-state index contributed by atoms with van der Waals surface area (Å²) in [5.74, 6) is -0.0749. The molecule has 2 aliphatic heterocycles. The van der Waals surface area contributed by atoms with E-state index in [0.717, 1.165) is 35.9 Å². The van der Waals surface area contributed by atoms with Crippen molar-refractivity contribution in [3.05, 3.63) is 29.6 Å². The molecule has 1 saturated heterocycles. The highest BCUT2D eigenvalue weighted by atomic mass is 16.2. The van der Waals surface area contributed by atoms with Crippen LogP contribution in [0, 0.1) is 11.3 Å². The van der Waals surface area contributed by atoms with Crippen molar-refractivity contribution >= 4 is 22.8 Å². The average molecular weight is 351 g/mol. The summed E-state index contributed by atoms with van der Waals surface area (Å²) >= 11 is 0. The number of aromatic amines is 1. The maximum absolute atomic E-state index is 13.2. The van der Waals surface area contributed by atoms with Crippen LogP contribution in [-0.2, 0) is 11.3 Å². The molecule has 134 valence electrons. The van der Waals surface area contributed by atoms with Crippen molar-refractivity contribution in [3.8, 4) is 6.07 Å². The summed E-state index contributed by atoms with van der Waals surface area (Å²) in [4.78, 5) is 36.4. The quantitative estimate of drug-likeness (QED) is 0.917. The van der Waals surface area contributed by atoms with E-state index in [4.69, 9.17) is 5.26 Å². The van der Waals surface area contributed by atoms with Crippen LogP contribution in [0.15, 0.2) is 18.5 Å². The fourth-order valence-electron chi connectivity index (χ4n) is 4.36. The summed E-state index contributed by atoms with van der Waals surface area (Å²) in [7, 11) is 0. The minimum atomic E-state index is -0.259. The normalized spacial score (nSPS) is 18.8. The second kappa shape index (κ2) is 6.13. The second-order valence-corrected chi connectivity index (χ2v) is 7.08. The lowest BCUT2D eigenvalue weighted by Gasteiger charge is -2.49. The zero-order chi connectivity index (χ0) is 18.3. The Bertz CT molecular complexity index is 918. The number of pyridine rings is 1. The molecule has 0 radical (unpaired) electrons. The Balaban J connectivity index is 1.62. The van der Waals surface area contributed by atoms with Crippen molar-refractivity contribution in [2.24, 2.45) is 0 Å². The molecule has 7 heteroatoms. The number of nitrogens with zero attached hydrogens (tertiary/aromatic N) is 4. The molecule has 0 atom stereocenters. The van der Waals surface area contributed by atoms with Gasteiger partial charge in [-0.25, -0.2) is 4.98 Å². The number of nitriles is 1. The van der Waals surface area contributed by atoms with Crippen LogP contribution in [0.4, 0.5) is 0 Å². The van der Waals surface area contributed by atoms with Gasteiger partial charge >= 0.3 is 0 Å². The topological polar surface area (TPSA) is 93.1 Å². The van der Waals surface area contributed by atoms with Gasteiger partial charge in [-0.1, -0.05) is 6.92 Å². The Kier molecular flexibility index (Phi) is 3.91. The third kappa shape index (κ3) is 2.37. The monoisotopic (exact) mass is 351 g/mol. The lowest BCUT2D eigenvalue weighted by molar-refractivity contribution is -0.132. The third-order valence-electron chi connectivity index (χ3n) is 5.97. The Morgan fingerprint density at radius 1 is 1.42 bits per heavy atom. The Morgan fingerprint density at radius 3 is 2.88 bits per heavy atom. The SMILES string of the molecule is CCC1(N2Cc3c[nH]c4nccc(c34)C2=O)CCN(C(=O)CC#N)CC1. The summed E-state index contributed by atoms with van der Waals surface area (Å²) < 4.78 is 0. The minimum absolute atomic E-state index is 0.0446. The molecule has 0 aromatic carbocycles. The van der Waals surface area contributed by atoms with E-state index in [1.54, 1.807) is 17.2 Å². The first-order valence-corrected chi connectivity index (χ1v) is 9.01. The summed E-state index contributed by atoms with van der Waals surface area (Å²) in [5, 5.41) is 9.67. The van der Waals surface area contributed by atoms with Gasteiger partial charge in [0.25, 0.3) is 5.91 Å². The van der Waals surface area contributed by atoms with Gasteiger partial charge in [-0.15, -0.1) is 0 Å². The average Bonchev–Trinajstić information content (AvgIpc) is 3.09. The smallest absolute Gasteiger partial charge is 0.255 e. The Labute approximate surface area is 151 Å². The molecular formula is C19H21N5O2. The van der Waals surface area contributed by atoms with E-state index in [1.165, 1.54) is 0 Å². The number of rotatable bonds is 3. The molecular weight excluding hydrogens is 330 g/mol. The Hall–Kier alpha value is -2.88.